The monoisotopic (exact) mass is 214 g/mol. The van der Waals surface area contributed by atoms with Crippen molar-refractivity contribution in [2.75, 3.05) is 13.1 Å². The lowest BCUT2D eigenvalue weighted by atomic mass is 9.98. The Hall–Kier alpha value is -1.10. The summed E-state index contributed by atoms with van der Waals surface area (Å²) >= 11 is 0. The van der Waals surface area contributed by atoms with E-state index in [1.165, 1.54) is 5.06 Å². The van der Waals surface area contributed by atoms with Crippen molar-refractivity contribution in [1.29, 1.82) is 0 Å². The van der Waals surface area contributed by atoms with Crippen LogP contribution in [0, 0.1) is 11.3 Å². The molecular formula is C10H18N2O3. The molecule has 0 radical (unpaired) electrons. The van der Waals surface area contributed by atoms with E-state index in [4.69, 9.17) is 10.6 Å². The summed E-state index contributed by atoms with van der Waals surface area (Å²) < 4.78 is 0. The first-order valence-corrected chi connectivity index (χ1v) is 5.07. The number of carbonyl (C=O) groups excluding carboxylic acids is 2. The highest BCUT2D eigenvalue weighted by Gasteiger charge is 2.32. The second-order valence-electron chi connectivity index (χ2n) is 4.90. The van der Waals surface area contributed by atoms with Crippen LogP contribution in [-0.2, 0) is 14.4 Å². The van der Waals surface area contributed by atoms with Crippen molar-refractivity contribution in [2.24, 2.45) is 17.1 Å². The topological polar surface area (TPSA) is 72.6 Å². The van der Waals surface area contributed by atoms with Crippen LogP contribution >= 0.6 is 0 Å². The van der Waals surface area contributed by atoms with Crippen LogP contribution in [0.15, 0.2) is 0 Å². The molecular weight excluding hydrogens is 196 g/mol. The van der Waals surface area contributed by atoms with Gasteiger partial charge in [-0.2, -0.15) is 0 Å². The maximum absolute atomic E-state index is 11.5. The van der Waals surface area contributed by atoms with E-state index in [9.17, 15) is 9.59 Å². The fourth-order valence-electron chi connectivity index (χ4n) is 1.30. The molecule has 1 amide bonds. The Morgan fingerprint density at radius 2 is 2.00 bits per heavy atom. The molecule has 0 aliphatic carbocycles. The summed E-state index contributed by atoms with van der Waals surface area (Å²) in [5.41, 5.74) is 4.65. The SMILES string of the molecule is CC(C)(C)C(=O)ON1CCC(C(N)=O)C1. The first-order chi connectivity index (χ1) is 6.80. The van der Waals surface area contributed by atoms with Gasteiger partial charge in [-0.1, -0.05) is 0 Å². The number of rotatable bonds is 2. The Labute approximate surface area is 89.5 Å². The van der Waals surface area contributed by atoms with Crippen LogP contribution in [-0.4, -0.2) is 30.0 Å². The number of amides is 1. The lowest BCUT2D eigenvalue weighted by Crippen LogP contribution is -2.33. The number of nitrogens with zero attached hydrogens (tertiary/aromatic N) is 1. The van der Waals surface area contributed by atoms with Crippen molar-refractivity contribution in [1.82, 2.24) is 5.06 Å². The number of hydroxylamine groups is 2. The summed E-state index contributed by atoms with van der Waals surface area (Å²) in [7, 11) is 0. The third-order valence-corrected chi connectivity index (χ3v) is 2.38. The number of nitrogens with two attached hydrogens (primary N) is 1. The van der Waals surface area contributed by atoms with E-state index in [0.717, 1.165) is 0 Å². The summed E-state index contributed by atoms with van der Waals surface area (Å²) in [5, 5.41) is 1.52. The predicted molar refractivity (Wildman–Crippen MR) is 54.4 cm³/mol. The van der Waals surface area contributed by atoms with E-state index in [0.29, 0.717) is 19.5 Å². The van der Waals surface area contributed by atoms with Gasteiger partial charge in [-0.15, -0.1) is 5.06 Å². The van der Waals surface area contributed by atoms with Gasteiger partial charge in [0, 0.05) is 13.1 Å². The standard InChI is InChI=1S/C10H18N2O3/c1-10(2,3)9(14)15-12-5-4-7(6-12)8(11)13/h7H,4-6H2,1-3H3,(H2,11,13). The lowest BCUT2D eigenvalue weighted by molar-refractivity contribution is -0.196. The number of carbonyl (C=O) groups is 2. The molecule has 86 valence electrons. The zero-order valence-electron chi connectivity index (χ0n) is 9.45. The Balaban J connectivity index is 2.43. The van der Waals surface area contributed by atoms with Gasteiger partial charge in [0.15, 0.2) is 0 Å². The Morgan fingerprint density at radius 3 is 2.40 bits per heavy atom. The van der Waals surface area contributed by atoms with Crippen molar-refractivity contribution >= 4 is 11.9 Å². The first kappa shape index (κ1) is 12.0. The van der Waals surface area contributed by atoms with Gasteiger partial charge < -0.3 is 10.6 Å². The molecule has 1 fully saturated rings. The second-order valence-corrected chi connectivity index (χ2v) is 4.90. The average Bonchev–Trinajstić information content (AvgIpc) is 2.50. The summed E-state index contributed by atoms with van der Waals surface area (Å²) in [5.74, 6) is -0.810. The van der Waals surface area contributed by atoms with E-state index in [1.807, 2.05) is 0 Å². The molecule has 1 aliphatic heterocycles. The van der Waals surface area contributed by atoms with Crippen LogP contribution in [0.25, 0.3) is 0 Å². The first-order valence-electron chi connectivity index (χ1n) is 5.07. The minimum atomic E-state index is -0.523. The highest BCUT2D eigenvalue weighted by Crippen LogP contribution is 2.20. The van der Waals surface area contributed by atoms with Crippen molar-refractivity contribution in [2.45, 2.75) is 27.2 Å². The molecule has 1 atom stereocenters. The molecule has 0 aromatic carbocycles. The number of hydrogen-bond donors (Lipinski definition) is 1. The van der Waals surface area contributed by atoms with Crippen molar-refractivity contribution in [3.05, 3.63) is 0 Å². The van der Waals surface area contributed by atoms with Crippen molar-refractivity contribution in [3.8, 4) is 0 Å². The van der Waals surface area contributed by atoms with Gasteiger partial charge in [0.05, 0.1) is 11.3 Å². The molecule has 1 rings (SSSR count). The molecule has 1 aliphatic rings. The maximum atomic E-state index is 11.5. The Morgan fingerprint density at radius 1 is 1.40 bits per heavy atom. The summed E-state index contributed by atoms with van der Waals surface area (Å²) in [6.07, 6.45) is 0.659. The Kier molecular flexibility index (Phi) is 3.34. The van der Waals surface area contributed by atoms with Crippen molar-refractivity contribution < 1.29 is 14.4 Å². The molecule has 0 bridgehead atoms. The number of primary amides is 1. The van der Waals surface area contributed by atoms with Gasteiger partial charge in [0.2, 0.25) is 5.91 Å². The normalized spacial score (nSPS) is 22.7. The third-order valence-electron chi connectivity index (χ3n) is 2.38. The van der Waals surface area contributed by atoms with Gasteiger partial charge in [-0.25, -0.2) is 4.79 Å². The minimum Gasteiger partial charge on any atom is -0.369 e. The molecule has 1 heterocycles. The summed E-state index contributed by atoms with van der Waals surface area (Å²) in [4.78, 5) is 27.5. The third kappa shape index (κ3) is 3.20. The van der Waals surface area contributed by atoms with Crippen LogP contribution in [0.1, 0.15) is 27.2 Å². The van der Waals surface area contributed by atoms with E-state index < -0.39 is 5.41 Å². The van der Waals surface area contributed by atoms with E-state index in [1.54, 1.807) is 20.8 Å². The molecule has 0 aromatic heterocycles. The van der Waals surface area contributed by atoms with E-state index in [-0.39, 0.29) is 17.8 Å². The zero-order valence-corrected chi connectivity index (χ0v) is 9.45. The maximum Gasteiger partial charge on any atom is 0.330 e. The molecule has 5 nitrogen and oxygen atoms in total. The zero-order chi connectivity index (χ0) is 11.6. The van der Waals surface area contributed by atoms with Crippen LogP contribution in [0.2, 0.25) is 0 Å². The lowest BCUT2D eigenvalue weighted by Gasteiger charge is -2.21. The van der Waals surface area contributed by atoms with Gasteiger partial charge in [-0.3, -0.25) is 4.79 Å². The fourth-order valence-corrected chi connectivity index (χ4v) is 1.30. The largest absolute Gasteiger partial charge is 0.369 e. The smallest absolute Gasteiger partial charge is 0.330 e. The quantitative estimate of drug-likeness (QED) is 0.717. The van der Waals surface area contributed by atoms with E-state index >= 15 is 0 Å². The fraction of sp³-hybridized carbons (Fsp3) is 0.800. The molecule has 15 heavy (non-hydrogen) atoms. The molecule has 0 spiro atoms. The van der Waals surface area contributed by atoms with Gasteiger partial charge in [-0.05, 0) is 27.2 Å². The molecule has 0 saturated carbocycles. The molecule has 5 heteroatoms. The predicted octanol–water partition coefficient (Wildman–Crippen LogP) is 0.298. The van der Waals surface area contributed by atoms with Crippen molar-refractivity contribution in [3.63, 3.8) is 0 Å². The van der Waals surface area contributed by atoms with Crippen LogP contribution < -0.4 is 5.73 Å². The number of hydrogen-bond acceptors (Lipinski definition) is 4. The second kappa shape index (κ2) is 4.18. The molecule has 1 unspecified atom stereocenters. The van der Waals surface area contributed by atoms with Gasteiger partial charge in [0.25, 0.3) is 0 Å². The highest BCUT2D eigenvalue weighted by molar-refractivity contribution is 5.77. The van der Waals surface area contributed by atoms with E-state index in [2.05, 4.69) is 0 Å². The van der Waals surface area contributed by atoms with Gasteiger partial charge in [0.1, 0.15) is 0 Å². The highest BCUT2D eigenvalue weighted by atomic mass is 16.7. The summed E-state index contributed by atoms with van der Waals surface area (Å²) in [6.45, 7) is 6.36. The van der Waals surface area contributed by atoms with Crippen LogP contribution in [0.5, 0.6) is 0 Å². The molecule has 1 saturated heterocycles. The Bertz CT molecular complexity index is 270. The van der Waals surface area contributed by atoms with Crippen LogP contribution in [0.3, 0.4) is 0 Å². The molecule has 2 N–H and O–H groups in total. The van der Waals surface area contributed by atoms with Gasteiger partial charge >= 0.3 is 5.97 Å². The summed E-state index contributed by atoms with van der Waals surface area (Å²) in [6, 6.07) is 0. The minimum absolute atomic E-state index is 0.197. The average molecular weight is 214 g/mol. The van der Waals surface area contributed by atoms with Crippen LogP contribution in [0.4, 0.5) is 0 Å². The molecule has 0 aromatic rings.